The third-order valence-electron chi connectivity index (χ3n) is 3.15. The zero-order chi connectivity index (χ0) is 12.1. The van der Waals surface area contributed by atoms with Crippen molar-refractivity contribution in [1.29, 1.82) is 0 Å². The molecule has 1 aliphatic heterocycles. The first kappa shape index (κ1) is 21.9. The van der Waals surface area contributed by atoms with E-state index < -0.39 is 0 Å². The van der Waals surface area contributed by atoms with Gasteiger partial charge in [0.15, 0.2) is 0 Å². The highest BCUT2D eigenvalue weighted by Crippen LogP contribution is 2.16. The molecule has 118 valence electrons. The summed E-state index contributed by atoms with van der Waals surface area (Å²) in [5, 5.41) is 6.99. The van der Waals surface area contributed by atoms with E-state index in [0.29, 0.717) is 6.04 Å². The van der Waals surface area contributed by atoms with Crippen LogP contribution in [0.15, 0.2) is 18.3 Å². The Morgan fingerprint density at radius 3 is 2.50 bits per heavy atom. The maximum atomic E-state index is 4.41. The Kier molecular flexibility index (Phi) is 12.3. The van der Waals surface area contributed by atoms with Crippen LogP contribution in [0.2, 0.25) is 0 Å². The Morgan fingerprint density at radius 2 is 1.90 bits per heavy atom. The van der Waals surface area contributed by atoms with E-state index in [2.05, 4.69) is 27.8 Å². The molecule has 0 aromatic carbocycles. The molecule has 1 unspecified atom stereocenters. The fraction of sp³-hybridized carbons (Fsp3) is 0.615. The molecule has 0 bridgehead atoms. The molecule has 0 amide bonds. The zero-order valence-corrected chi connectivity index (χ0v) is 14.4. The lowest BCUT2D eigenvalue weighted by atomic mass is 10.1. The average Bonchev–Trinajstić information content (AvgIpc) is 2.58. The molecule has 1 fully saturated rings. The third kappa shape index (κ3) is 6.84. The van der Waals surface area contributed by atoms with Crippen LogP contribution in [0.5, 0.6) is 0 Å². The Bertz CT molecular complexity index is 338. The molecule has 20 heavy (non-hydrogen) atoms. The summed E-state index contributed by atoms with van der Waals surface area (Å²) in [6.07, 6.45) is 5.60. The van der Waals surface area contributed by atoms with Gasteiger partial charge < -0.3 is 15.5 Å². The highest BCUT2D eigenvalue weighted by Gasteiger charge is 2.11. The minimum atomic E-state index is 0. The van der Waals surface area contributed by atoms with Crippen LogP contribution in [0.4, 0.5) is 11.5 Å². The van der Waals surface area contributed by atoms with Gasteiger partial charge in [0.05, 0.1) is 11.9 Å². The highest BCUT2D eigenvalue weighted by atomic mass is 35.5. The van der Waals surface area contributed by atoms with E-state index in [4.69, 9.17) is 0 Å². The van der Waals surface area contributed by atoms with Crippen LogP contribution >= 0.6 is 37.2 Å². The Balaban J connectivity index is 0. The summed E-state index contributed by atoms with van der Waals surface area (Å²) in [6.45, 7) is 2.26. The molecule has 2 heterocycles. The van der Waals surface area contributed by atoms with Crippen molar-refractivity contribution in [3.8, 4) is 0 Å². The number of hydrogen-bond donors (Lipinski definition) is 2. The van der Waals surface area contributed by atoms with Gasteiger partial charge in [-0.15, -0.1) is 37.2 Å². The molecule has 1 saturated heterocycles. The second kappa shape index (κ2) is 11.3. The maximum Gasteiger partial charge on any atom is 0.128 e. The van der Waals surface area contributed by atoms with Gasteiger partial charge in [-0.05, 0) is 44.5 Å². The van der Waals surface area contributed by atoms with E-state index in [9.17, 15) is 0 Å². The summed E-state index contributed by atoms with van der Waals surface area (Å²) in [4.78, 5) is 6.43. The number of halogens is 3. The lowest BCUT2D eigenvalue weighted by Gasteiger charge is -2.18. The van der Waals surface area contributed by atoms with Crippen molar-refractivity contribution in [3.05, 3.63) is 18.3 Å². The van der Waals surface area contributed by atoms with Gasteiger partial charge in [-0.3, -0.25) is 0 Å². The molecule has 1 atom stereocenters. The summed E-state index contributed by atoms with van der Waals surface area (Å²) in [5.74, 6) is 0.998. The molecule has 7 heteroatoms. The van der Waals surface area contributed by atoms with Crippen molar-refractivity contribution < 1.29 is 0 Å². The van der Waals surface area contributed by atoms with Crippen LogP contribution in [0.25, 0.3) is 0 Å². The summed E-state index contributed by atoms with van der Waals surface area (Å²) < 4.78 is 0. The van der Waals surface area contributed by atoms with Crippen molar-refractivity contribution >= 4 is 48.7 Å². The molecule has 0 spiro atoms. The second-order valence-electron chi connectivity index (χ2n) is 4.82. The van der Waals surface area contributed by atoms with Gasteiger partial charge in [0.25, 0.3) is 0 Å². The van der Waals surface area contributed by atoms with Crippen molar-refractivity contribution in [2.45, 2.75) is 25.3 Å². The van der Waals surface area contributed by atoms with Crippen LogP contribution < -0.4 is 15.5 Å². The van der Waals surface area contributed by atoms with Crippen LogP contribution in [-0.2, 0) is 0 Å². The first-order chi connectivity index (χ1) is 8.25. The number of rotatable bonds is 3. The Labute approximate surface area is 140 Å². The van der Waals surface area contributed by atoms with Gasteiger partial charge >= 0.3 is 0 Å². The minimum Gasteiger partial charge on any atom is -0.381 e. The number of pyridine rings is 1. The molecule has 1 aliphatic rings. The first-order valence-electron chi connectivity index (χ1n) is 6.36. The SMILES string of the molecule is CN(C)c1ccc(NC2CCCNCC2)cn1.Cl.Cl.Cl. The predicted octanol–water partition coefficient (Wildman–Crippen LogP) is 2.97. The Hall–Kier alpha value is -0.420. The summed E-state index contributed by atoms with van der Waals surface area (Å²) in [6, 6.07) is 4.75. The minimum absolute atomic E-state index is 0. The van der Waals surface area contributed by atoms with E-state index in [-0.39, 0.29) is 37.2 Å². The molecule has 1 aromatic rings. The quantitative estimate of drug-likeness (QED) is 0.885. The molecular formula is C13H25Cl3N4. The molecular weight excluding hydrogens is 319 g/mol. The van der Waals surface area contributed by atoms with Gasteiger partial charge in [-0.2, -0.15) is 0 Å². The van der Waals surface area contributed by atoms with Crippen molar-refractivity contribution in [2.75, 3.05) is 37.4 Å². The maximum absolute atomic E-state index is 4.41. The van der Waals surface area contributed by atoms with E-state index >= 15 is 0 Å². The van der Waals surface area contributed by atoms with E-state index in [0.717, 1.165) is 24.6 Å². The molecule has 0 radical (unpaired) electrons. The van der Waals surface area contributed by atoms with Crippen LogP contribution in [0.3, 0.4) is 0 Å². The summed E-state index contributed by atoms with van der Waals surface area (Å²) in [7, 11) is 4.01. The molecule has 0 aliphatic carbocycles. The number of nitrogens with zero attached hydrogens (tertiary/aromatic N) is 2. The van der Waals surface area contributed by atoms with Gasteiger partial charge in [-0.25, -0.2) is 4.98 Å². The van der Waals surface area contributed by atoms with Gasteiger partial charge in [0, 0.05) is 20.1 Å². The number of anilines is 2. The molecule has 0 saturated carbocycles. The third-order valence-corrected chi connectivity index (χ3v) is 3.15. The van der Waals surface area contributed by atoms with Crippen molar-refractivity contribution in [2.24, 2.45) is 0 Å². The summed E-state index contributed by atoms with van der Waals surface area (Å²) >= 11 is 0. The topological polar surface area (TPSA) is 40.2 Å². The van der Waals surface area contributed by atoms with Crippen LogP contribution in [0, 0.1) is 0 Å². The molecule has 2 N–H and O–H groups in total. The Morgan fingerprint density at radius 1 is 1.15 bits per heavy atom. The molecule has 2 rings (SSSR count). The van der Waals surface area contributed by atoms with Gasteiger partial charge in [0.2, 0.25) is 0 Å². The lowest BCUT2D eigenvalue weighted by molar-refractivity contribution is 0.637. The first-order valence-corrected chi connectivity index (χ1v) is 6.36. The smallest absolute Gasteiger partial charge is 0.128 e. The fourth-order valence-electron chi connectivity index (χ4n) is 2.14. The normalized spacial score (nSPS) is 17.6. The average molecular weight is 344 g/mol. The molecule has 4 nitrogen and oxygen atoms in total. The zero-order valence-electron chi connectivity index (χ0n) is 12.0. The predicted molar refractivity (Wildman–Crippen MR) is 94.4 cm³/mol. The van der Waals surface area contributed by atoms with Crippen LogP contribution in [0.1, 0.15) is 19.3 Å². The van der Waals surface area contributed by atoms with E-state index in [1.165, 1.54) is 19.3 Å². The molecule has 1 aromatic heterocycles. The lowest BCUT2D eigenvalue weighted by Crippen LogP contribution is -2.21. The monoisotopic (exact) mass is 342 g/mol. The van der Waals surface area contributed by atoms with Crippen molar-refractivity contribution in [1.82, 2.24) is 10.3 Å². The fourth-order valence-corrected chi connectivity index (χ4v) is 2.14. The van der Waals surface area contributed by atoms with Gasteiger partial charge in [0.1, 0.15) is 5.82 Å². The second-order valence-corrected chi connectivity index (χ2v) is 4.82. The largest absolute Gasteiger partial charge is 0.381 e. The standard InChI is InChI=1S/C13H22N4.3ClH/c1-17(2)13-6-5-12(10-15-13)16-11-4-3-8-14-9-7-11;;;/h5-6,10-11,14,16H,3-4,7-9H2,1-2H3;3*1H. The highest BCUT2D eigenvalue weighted by molar-refractivity contribution is 5.86. The van der Waals surface area contributed by atoms with Gasteiger partial charge in [-0.1, -0.05) is 0 Å². The summed E-state index contributed by atoms with van der Waals surface area (Å²) in [5.41, 5.74) is 1.13. The number of aromatic nitrogens is 1. The van der Waals surface area contributed by atoms with Crippen molar-refractivity contribution in [3.63, 3.8) is 0 Å². The van der Waals surface area contributed by atoms with E-state index in [1.54, 1.807) is 0 Å². The van der Waals surface area contributed by atoms with Crippen LogP contribution in [-0.4, -0.2) is 38.2 Å². The van der Waals surface area contributed by atoms with E-state index in [1.807, 2.05) is 25.2 Å². The number of hydrogen-bond acceptors (Lipinski definition) is 4. The number of nitrogens with one attached hydrogen (secondary N) is 2.